The molecule has 0 bridgehead atoms. The van der Waals surface area contributed by atoms with Crippen molar-refractivity contribution in [2.75, 3.05) is 18.6 Å². The first-order valence-electron chi connectivity index (χ1n) is 11.7. The van der Waals surface area contributed by atoms with E-state index in [1.54, 1.807) is 48.5 Å². The van der Waals surface area contributed by atoms with Crippen molar-refractivity contribution in [3.05, 3.63) is 89.5 Å². The van der Waals surface area contributed by atoms with Crippen molar-refractivity contribution in [3.63, 3.8) is 0 Å². The maximum Gasteiger partial charge on any atom is 0.573 e. The second-order valence-electron chi connectivity index (χ2n) is 8.36. The van der Waals surface area contributed by atoms with Crippen LogP contribution in [0.2, 0.25) is 0 Å². The number of methoxy groups -OCH3 is 1. The number of anilines is 1. The van der Waals surface area contributed by atoms with Crippen LogP contribution in [-0.4, -0.2) is 36.9 Å². The minimum atomic E-state index is -4.95. The summed E-state index contributed by atoms with van der Waals surface area (Å²) in [5.74, 6) is -2.06. The van der Waals surface area contributed by atoms with Crippen LogP contribution in [0.1, 0.15) is 30.5 Å². The van der Waals surface area contributed by atoms with Gasteiger partial charge in [-0.3, -0.25) is 14.5 Å². The average Bonchev–Trinajstić information content (AvgIpc) is 3.16. The third-order valence-corrected chi connectivity index (χ3v) is 5.79. The molecule has 1 unspecified atom stereocenters. The fourth-order valence-electron chi connectivity index (χ4n) is 4.14. The molecule has 1 atom stereocenters. The molecule has 1 aliphatic rings. The predicted octanol–water partition coefficient (Wildman–Crippen LogP) is 6.01. The van der Waals surface area contributed by atoms with E-state index in [1.165, 1.54) is 19.2 Å². The van der Waals surface area contributed by atoms with Crippen LogP contribution in [0.4, 0.5) is 18.9 Å². The molecule has 1 saturated heterocycles. The van der Waals surface area contributed by atoms with E-state index in [4.69, 9.17) is 9.47 Å². The van der Waals surface area contributed by atoms with Crippen LogP contribution in [0.5, 0.6) is 17.2 Å². The maximum atomic E-state index is 13.3. The highest BCUT2D eigenvalue weighted by Crippen LogP contribution is 2.43. The highest BCUT2D eigenvalue weighted by molar-refractivity contribution is 6.51. The number of benzene rings is 3. The van der Waals surface area contributed by atoms with E-state index in [1.807, 2.05) is 6.92 Å². The van der Waals surface area contributed by atoms with Crippen LogP contribution in [0.25, 0.3) is 5.76 Å². The van der Waals surface area contributed by atoms with Gasteiger partial charge in [0.2, 0.25) is 0 Å². The Morgan fingerprint density at radius 2 is 1.63 bits per heavy atom. The molecule has 1 amide bonds. The van der Waals surface area contributed by atoms with E-state index >= 15 is 0 Å². The Kier molecular flexibility index (Phi) is 7.61. The largest absolute Gasteiger partial charge is 0.573 e. The molecule has 1 aliphatic heterocycles. The smallest absolute Gasteiger partial charge is 0.507 e. The summed E-state index contributed by atoms with van der Waals surface area (Å²) in [6.07, 6.45) is -4.19. The van der Waals surface area contributed by atoms with Crippen LogP contribution in [-0.2, 0) is 9.59 Å². The lowest BCUT2D eigenvalue weighted by molar-refractivity contribution is -0.274. The summed E-state index contributed by atoms with van der Waals surface area (Å²) in [6, 6.07) is 16.4. The average molecular weight is 527 g/mol. The Morgan fingerprint density at radius 3 is 2.29 bits per heavy atom. The van der Waals surface area contributed by atoms with E-state index in [9.17, 15) is 27.9 Å². The summed E-state index contributed by atoms with van der Waals surface area (Å²) in [5.41, 5.74) is 0.417. The van der Waals surface area contributed by atoms with Gasteiger partial charge in [-0.2, -0.15) is 0 Å². The second-order valence-corrected chi connectivity index (χ2v) is 8.36. The van der Waals surface area contributed by atoms with Gasteiger partial charge in [-0.05, 0) is 48.4 Å². The van der Waals surface area contributed by atoms with Gasteiger partial charge in [0.25, 0.3) is 11.7 Å². The lowest BCUT2D eigenvalue weighted by Crippen LogP contribution is -2.29. The SMILES string of the molecule is CCCOc1cccc(/C(O)=C2\C(=O)C(=O)N(c3cccc(OC(F)(F)F)c3)C2c2ccc(OC)cc2)c1. The maximum absolute atomic E-state index is 13.3. The van der Waals surface area contributed by atoms with Gasteiger partial charge in [0.05, 0.1) is 25.3 Å². The van der Waals surface area contributed by atoms with Gasteiger partial charge in [-0.1, -0.05) is 37.3 Å². The van der Waals surface area contributed by atoms with Gasteiger partial charge in [0.1, 0.15) is 23.0 Å². The van der Waals surface area contributed by atoms with Gasteiger partial charge in [-0.15, -0.1) is 13.2 Å². The third-order valence-electron chi connectivity index (χ3n) is 5.79. The molecule has 4 rings (SSSR count). The summed E-state index contributed by atoms with van der Waals surface area (Å²) in [6.45, 7) is 2.38. The summed E-state index contributed by atoms with van der Waals surface area (Å²) in [7, 11) is 1.47. The number of nitrogens with zero attached hydrogens (tertiary/aromatic N) is 1. The summed E-state index contributed by atoms with van der Waals surface area (Å²) in [4.78, 5) is 27.6. The number of amides is 1. The number of carbonyl (C=O) groups excluding carboxylic acids is 2. The van der Waals surface area contributed by atoms with Crippen molar-refractivity contribution in [2.45, 2.75) is 25.7 Å². The number of carbonyl (C=O) groups is 2. The molecule has 1 N–H and O–H groups in total. The van der Waals surface area contributed by atoms with Gasteiger partial charge in [-0.25, -0.2) is 0 Å². The number of Topliss-reactive ketones (excluding diaryl/α,β-unsaturated/α-hetero) is 1. The van der Waals surface area contributed by atoms with Gasteiger partial charge in [0.15, 0.2) is 0 Å². The zero-order valence-electron chi connectivity index (χ0n) is 20.5. The molecule has 1 heterocycles. The van der Waals surface area contributed by atoms with Crippen LogP contribution >= 0.6 is 0 Å². The number of aliphatic hydroxyl groups excluding tert-OH is 1. The molecule has 0 saturated carbocycles. The van der Waals surface area contributed by atoms with Gasteiger partial charge in [0, 0.05) is 17.3 Å². The minimum absolute atomic E-state index is 0.0197. The van der Waals surface area contributed by atoms with E-state index in [0.29, 0.717) is 23.7 Å². The Balaban J connectivity index is 1.87. The quantitative estimate of drug-likeness (QED) is 0.220. The number of ketones is 1. The van der Waals surface area contributed by atoms with Crippen molar-refractivity contribution < 1.29 is 42.1 Å². The van der Waals surface area contributed by atoms with E-state index in [-0.39, 0.29) is 16.8 Å². The Morgan fingerprint density at radius 1 is 0.947 bits per heavy atom. The highest BCUT2D eigenvalue weighted by Gasteiger charge is 2.47. The van der Waals surface area contributed by atoms with E-state index in [2.05, 4.69) is 4.74 Å². The molecule has 0 spiro atoms. The molecular formula is C28H24F3NO6. The number of aliphatic hydroxyl groups is 1. The van der Waals surface area contributed by atoms with Crippen LogP contribution < -0.4 is 19.1 Å². The van der Waals surface area contributed by atoms with Crippen molar-refractivity contribution in [1.29, 1.82) is 0 Å². The molecule has 1 fully saturated rings. The molecule has 0 aromatic heterocycles. The number of ether oxygens (including phenoxy) is 3. The Bertz CT molecular complexity index is 1370. The predicted molar refractivity (Wildman–Crippen MR) is 133 cm³/mol. The first-order valence-corrected chi connectivity index (χ1v) is 11.7. The summed E-state index contributed by atoms with van der Waals surface area (Å²) < 4.78 is 53.4. The summed E-state index contributed by atoms with van der Waals surface area (Å²) in [5, 5.41) is 11.3. The molecular weight excluding hydrogens is 503 g/mol. The molecule has 3 aromatic rings. The lowest BCUT2D eigenvalue weighted by atomic mass is 9.95. The highest BCUT2D eigenvalue weighted by atomic mass is 19.4. The fraction of sp³-hybridized carbons (Fsp3) is 0.214. The normalized spacial score (nSPS) is 17.0. The zero-order valence-corrected chi connectivity index (χ0v) is 20.5. The number of hydrogen-bond acceptors (Lipinski definition) is 6. The summed E-state index contributed by atoms with van der Waals surface area (Å²) >= 11 is 0. The number of hydrogen-bond donors (Lipinski definition) is 1. The standard InChI is InChI=1S/C28H24F3NO6/c1-3-14-37-21-8-4-6-18(15-21)25(33)23-24(17-10-12-20(36-2)13-11-17)32(27(35)26(23)34)19-7-5-9-22(16-19)38-28(29,30)31/h4-13,15-16,24,33H,3,14H2,1-2H3/b25-23+. The molecule has 0 radical (unpaired) electrons. The van der Waals surface area contributed by atoms with Crippen molar-refractivity contribution >= 4 is 23.1 Å². The molecule has 198 valence electrons. The molecule has 0 aliphatic carbocycles. The van der Waals surface area contributed by atoms with E-state index in [0.717, 1.165) is 23.5 Å². The second kappa shape index (κ2) is 10.9. The van der Waals surface area contributed by atoms with Crippen LogP contribution in [0.15, 0.2) is 78.4 Å². The molecule has 10 heteroatoms. The lowest BCUT2D eigenvalue weighted by Gasteiger charge is -2.26. The van der Waals surface area contributed by atoms with Crippen molar-refractivity contribution in [2.24, 2.45) is 0 Å². The van der Waals surface area contributed by atoms with Crippen molar-refractivity contribution in [3.8, 4) is 17.2 Å². The number of alkyl halides is 3. The monoisotopic (exact) mass is 527 g/mol. The topological polar surface area (TPSA) is 85.3 Å². The molecule has 3 aromatic carbocycles. The molecule has 7 nitrogen and oxygen atoms in total. The first-order chi connectivity index (χ1) is 18.1. The molecule has 38 heavy (non-hydrogen) atoms. The zero-order chi connectivity index (χ0) is 27.4. The van der Waals surface area contributed by atoms with E-state index < -0.39 is 35.6 Å². The van der Waals surface area contributed by atoms with Gasteiger partial charge >= 0.3 is 6.36 Å². The first kappa shape index (κ1) is 26.6. The number of rotatable bonds is 8. The van der Waals surface area contributed by atoms with Crippen LogP contribution in [0, 0.1) is 0 Å². The van der Waals surface area contributed by atoms with Crippen molar-refractivity contribution in [1.82, 2.24) is 0 Å². The van der Waals surface area contributed by atoms with Gasteiger partial charge < -0.3 is 19.3 Å². The fourth-order valence-corrected chi connectivity index (χ4v) is 4.14. The number of halogens is 3. The van der Waals surface area contributed by atoms with Crippen LogP contribution in [0.3, 0.4) is 0 Å². The minimum Gasteiger partial charge on any atom is -0.507 e. The third kappa shape index (κ3) is 5.59. The Labute approximate surface area is 216 Å². The Hall–Kier alpha value is -4.47.